The summed E-state index contributed by atoms with van der Waals surface area (Å²) < 4.78 is 16.8. The van der Waals surface area contributed by atoms with E-state index in [9.17, 15) is 14.4 Å². The maximum absolute atomic E-state index is 12.8. The van der Waals surface area contributed by atoms with E-state index in [1.165, 1.54) is 122 Å². The van der Waals surface area contributed by atoms with Crippen LogP contribution in [0, 0.1) is 0 Å². The average molecular weight is 982 g/mol. The van der Waals surface area contributed by atoms with Crippen LogP contribution in [0.5, 0.6) is 0 Å². The Morgan fingerprint density at radius 3 is 1.06 bits per heavy atom. The standard InChI is InChI=1S/C65H104O6/c1-4-7-10-13-16-19-22-25-28-31-32-35-37-40-43-46-49-52-55-58-64(67)70-61-62(71-65(68)59-56-53-50-47-44-41-38-34-30-27-24-21-18-15-12-9-6-3)60-69-63(66)57-54-51-48-45-42-39-36-33-29-26-23-20-17-14-11-8-5-2/h7,10,13,16,19,22,25-32,35,37-38,40-41,43,47,50,62H,4-6,8-9,11-12,14-15,17-18,20-21,23-24,33-34,36,39,42,44-46,48-49,51-61H2,1-3H3/b10-7-,16-13-,22-19-,28-25-,29-26-,30-27-,32-31+,37-35-,41-38-,43-40-,50-47-. The Morgan fingerprint density at radius 2 is 0.620 bits per heavy atom. The highest BCUT2D eigenvalue weighted by atomic mass is 16.6. The van der Waals surface area contributed by atoms with Gasteiger partial charge in [-0.15, -0.1) is 0 Å². The SMILES string of the molecule is CC\C=C/C=C\C=C/C=C\C=C\C=C/C=C\CCCCCC(=O)OCC(COC(=O)CCCCCCCCC/C=C\CCCCCCCC)OC(=O)CCC/C=C\C/C=C\C/C=C\CCCCCCCC. The van der Waals surface area contributed by atoms with Gasteiger partial charge in [0.1, 0.15) is 13.2 Å². The maximum Gasteiger partial charge on any atom is 0.306 e. The second kappa shape index (κ2) is 58.1. The minimum absolute atomic E-state index is 0.119. The molecule has 0 aliphatic carbocycles. The molecule has 0 radical (unpaired) electrons. The number of allylic oxidation sites excluding steroid dienone is 22. The first-order chi connectivity index (χ1) is 35.0. The number of carbonyl (C=O) groups is 3. The fourth-order valence-corrected chi connectivity index (χ4v) is 7.49. The van der Waals surface area contributed by atoms with Gasteiger partial charge in [-0.2, -0.15) is 0 Å². The number of rotatable bonds is 50. The molecule has 0 spiro atoms. The molecule has 0 heterocycles. The Labute approximate surface area is 436 Å². The lowest BCUT2D eigenvalue weighted by atomic mass is 10.1. The number of unbranched alkanes of at least 4 members (excludes halogenated alkanes) is 23. The first-order valence-corrected chi connectivity index (χ1v) is 28.8. The van der Waals surface area contributed by atoms with Crippen LogP contribution in [-0.4, -0.2) is 37.2 Å². The van der Waals surface area contributed by atoms with E-state index >= 15 is 0 Å². The van der Waals surface area contributed by atoms with Gasteiger partial charge in [-0.1, -0.05) is 257 Å². The fraction of sp³-hybridized carbons (Fsp3) is 0.615. The molecule has 6 nitrogen and oxygen atoms in total. The second-order valence-electron chi connectivity index (χ2n) is 18.6. The van der Waals surface area contributed by atoms with Crippen molar-refractivity contribution in [2.45, 2.75) is 245 Å². The second-order valence-corrected chi connectivity index (χ2v) is 18.6. The molecule has 0 aromatic heterocycles. The van der Waals surface area contributed by atoms with Crippen molar-refractivity contribution >= 4 is 17.9 Å². The monoisotopic (exact) mass is 981 g/mol. The molecule has 0 fully saturated rings. The van der Waals surface area contributed by atoms with E-state index in [-0.39, 0.29) is 44.0 Å². The van der Waals surface area contributed by atoms with E-state index in [1.54, 1.807) is 0 Å². The van der Waals surface area contributed by atoms with Gasteiger partial charge in [0.2, 0.25) is 0 Å². The van der Waals surface area contributed by atoms with Gasteiger partial charge >= 0.3 is 17.9 Å². The molecular weight excluding hydrogens is 877 g/mol. The first kappa shape index (κ1) is 66.6. The Morgan fingerprint density at radius 1 is 0.310 bits per heavy atom. The van der Waals surface area contributed by atoms with Crippen LogP contribution in [0.3, 0.4) is 0 Å². The van der Waals surface area contributed by atoms with Crippen LogP contribution < -0.4 is 0 Å². The highest BCUT2D eigenvalue weighted by Gasteiger charge is 2.19. The molecule has 6 heteroatoms. The number of esters is 3. The largest absolute Gasteiger partial charge is 0.462 e. The number of ether oxygens (including phenoxy) is 3. The zero-order chi connectivity index (χ0) is 51.4. The molecule has 0 saturated heterocycles. The quantitative estimate of drug-likeness (QED) is 0.0199. The van der Waals surface area contributed by atoms with E-state index in [0.29, 0.717) is 19.3 Å². The van der Waals surface area contributed by atoms with Crippen molar-refractivity contribution in [2.24, 2.45) is 0 Å². The van der Waals surface area contributed by atoms with Crippen LogP contribution in [-0.2, 0) is 28.6 Å². The van der Waals surface area contributed by atoms with Crippen molar-refractivity contribution in [3.05, 3.63) is 134 Å². The Hall–Kier alpha value is -4.45. The molecule has 1 unspecified atom stereocenters. The minimum Gasteiger partial charge on any atom is -0.462 e. The molecule has 0 N–H and O–H groups in total. The third kappa shape index (κ3) is 56.3. The van der Waals surface area contributed by atoms with Crippen LogP contribution in [0.4, 0.5) is 0 Å². The van der Waals surface area contributed by atoms with Gasteiger partial charge in [-0.25, -0.2) is 0 Å². The first-order valence-electron chi connectivity index (χ1n) is 28.8. The van der Waals surface area contributed by atoms with E-state index < -0.39 is 6.10 Å². The summed E-state index contributed by atoms with van der Waals surface area (Å²) in [5, 5.41) is 0. The molecular formula is C65H104O6. The van der Waals surface area contributed by atoms with Crippen LogP contribution in [0.2, 0.25) is 0 Å². The van der Waals surface area contributed by atoms with Gasteiger partial charge < -0.3 is 14.2 Å². The summed E-state index contributed by atoms with van der Waals surface area (Å²) in [6.07, 6.45) is 81.5. The van der Waals surface area contributed by atoms with Gasteiger partial charge in [0.25, 0.3) is 0 Å². The van der Waals surface area contributed by atoms with Gasteiger partial charge in [0.05, 0.1) is 0 Å². The van der Waals surface area contributed by atoms with Crippen molar-refractivity contribution in [3.8, 4) is 0 Å². The van der Waals surface area contributed by atoms with Gasteiger partial charge in [-0.3, -0.25) is 14.4 Å². The summed E-state index contributed by atoms with van der Waals surface area (Å²) in [4.78, 5) is 38.2. The van der Waals surface area contributed by atoms with Gasteiger partial charge in [-0.05, 0) is 96.3 Å². The topological polar surface area (TPSA) is 78.9 Å². The lowest BCUT2D eigenvalue weighted by molar-refractivity contribution is -0.167. The molecule has 0 aromatic carbocycles. The summed E-state index contributed by atoms with van der Waals surface area (Å²) in [6.45, 7) is 6.39. The zero-order valence-electron chi connectivity index (χ0n) is 45.7. The van der Waals surface area contributed by atoms with E-state index in [0.717, 1.165) is 64.2 Å². The molecule has 400 valence electrons. The molecule has 0 aliphatic rings. The third-order valence-corrected chi connectivity index (χ3v) is 11.8. The van der Waals surface area contributed by atoms with Crippen LogP contribution in [0.1, 0.15) is 239 Å². The summed E-state index contributed by atoms with van der Waals surface area (Å²) in [6, 6.07) is 0. The zero-order valence-corrected chi connectivity index (χ0v) is 45.7. The average Bonchev–Trinajstić information content (AvgIpc) is 3.37. The maximum atomic E-state index is 12.8. The normalized spacial score (nSPS) is 13.1. The smallest absolute Gasteiger partial charge is 0.306 e. The van der Waals surface area contributed by atoms with Crippen molar-refractivity contribution in [3.63, 3.8) is 0 Å². The highest BCUT2D eigenvalue weighted by molar-refractivity contribution is 5.71. The molecule has 0 saturated carbocycles. The lowest BCUT2D eigenvalue weighted by Gasteiger charge is -2.18. The predicted molar refractivity (Wildman–Crippen MR) is 306 cm³/mol. The number of carbonyl (C=O) groups excluding carboxylic acids is 3. The summed E-state index contributed by atoms with van der Waals surface area (Å²) >= 11 is 0. The molecule has 1 atom stereocenters. The van der Waals surface area contributed by atoms with Gasteiger partial charge in [0, 0.05) is 19.3 Å². The van der Waals surface area contributed by atoms with Crippen molar-refractivity contribution in [1.29, 1.82) is 0 Å². The van der Waals surface area contributed by atoms with E-state index in [4.69, 9.17) is 14.2 Å². The summed E-state index contributed by atoms with van der Waals surface area (Å²) in [5.74, 6) is -1.03. The van der Waals surface area contributed by atoms with E-state index in [1.807, 2.05) is 72.9 Å². The predicted octanol–water partition coefficient (Wildman–Crippen LogP) is 19.4. The molecule has 0 bridgehead atoms. The summed E-state index contributed by atoms with van der Waals surface area (Å²) in [5.41, 5.74) is 0. The van der Waals surface area contributed by atoms with Crippen molar-refractivity contribution in [2.75, 3.05) is 13.2 Å². The van der Waals surface area contributed by atoms with Gasteiger partial charge in [0.15, 0.2) is 6.10 Å². The molecule has 0 rings (SSSR count). The molecule has 0 aromatic rings. The van der Waals surface area contributed by atoms with Crippen LogP contribution in [0.15, 0.2) is 134 Å². The lowest BCUT2D eigenvalue weighted by Crippen LogP contribution is -2.30. The van der Waals surface area contributed by atoms with E-state index in [2.05, 4.69) is 81.5 Å². The molecule has 0 aliphatic heterocycles. The summed E-state index contributed by atoms with van der Waals surface area (Å²) in [7, 11) is 0. The third-order valence-electron chi connectivity index (χ3n) is 11.8. The number of hydrogen-bond donors (Lipinski definition) is 0. The van der Waals surface area contributed by atoms with Crippen molar-refractivity contribution in [1.82, 2.24) is 0 Å². The minimum atomic E-state index is -0.831. The number of hydrogen-bond acceptors (Lipinski definition) is 6. The molecule has 71 heavy (non-hydrogen) atoms. The highest BCUT2D eigenvalue weighted by Crippen LogP contribution is 2.13. The fourth-order valence-electron chi connectivity index (χ4n) is 7.49. The van der Waals surface area contributed by atoms with Crippen LogP contribution >= 0.6 is 0 Å². The Balaban J connectivity index is 4.59. The Kier molecular flexibility index (Phi) is 54.5. The molecule has 0 amide bonds. The Bertz CT molecular complexity index is 1550. The van der Waals surface area contributed by atoms with Crippen molar-refractivity contribution < 1.29 is 28.6 Å². The van der Waals surface area contributed by atoms with Crippen LogP contribution in [0.25, 0.3) is 0 Å².